The summed E-state index contributed by atoms with van der Waals surface area (Å²) < 4.78 is 80.5. The second-order valence-corrected chi connectivity index (χ2v) is 9.94. The molecule has 3 aliphatic rings. The van der Waals surface area contributed by atoms with Crippen molar-refractivity contribution < 1.29 is 26.3 Å². The molecule has 8 nitrogen and oxygen atoms in total. The van der Waals surface area contributed by atoms with Gasteiger partial charge in [0.2, 0.25) is 10.3 Å². The van der Waals surface area contributed by atoms with E-state index >= 15 is 0 Å². The van der Waals surface area contributed by atoms with Crippen LogP contribution >= 0.6 is 46.7 Å². The minimum atomic E-state index is -4.74. The van der Waals surface area contributed by atoms with Gasteiger partial charge < -0.3 is 10.9 Å². The number of hydrogen-bond acceptors (Lipinski definition) is 8. The van der Waals surface area contributed by atoms with Gasteiger partial charge in [-0.15, -0.1) is 43.6 Å². The lowest BCUT2D eigenvalue weighted by atomic mass is 9.89. The molecule has 5 rings (SSSR count). The summed E-state index contributed by atoms with van der Waals surface area (Å²) in [6.07, 6.45) is -9.48. The number of thioether (sulfide) groups is 2. The van der Waals surface area contributed by atoms with E-state index in [1.165, 1.54) is 0 Å². The van der Waals surface area contributed by atoms with Gasteiger partial charge in [0, 0.05) is 0 Å². The van der Waals surface area contributed by atoms with E-state index in [0.717, 1.165) is 32.9 Å². The number of nitrogens with zero attached hydrogens (tertiary/aromatic N) is 6. The maximum absolute atomic E-state index is 13.2. The van der Waals surface area contributed by atoms with Crippen LogP contribution in [0, 0.1) is 0 Å². The zero-order chi connectivity index (χ0) is 21.6. The van der Waals surface area contributed by atoms with E-state index in [0.29, 0.717) is 0 Å². The van der Waals surface area contributed by atoms with Gasteiger partial charge in [-0.1, -0.05) is 23.5 Å². The van der Waals surface area contributed by atoms with Crippen LogP contribution < -0.4 is 10.9 Å². The lowest BCUT2D eigenvalue weighted by Gasteiger charge is -2.50. The van der Waals surface area contributed by atoms with Crippen molar-refractivity contribution >= 4 is 46.7 Å². The number of nitrogens with one attached hydrogen (secondary N) is 2. The van der Waals surface area contributed by atoms with Crippen molar-refractivity contribution in [3.63, 3.8) is 0 Å². The maximum Gasteiger partial charge on any atom is 0.453 e. The van der Waals surface area contributed by atoms with Gasteiger partial charge in [0.15, 0.2) is 0 Å². The molecular formula is C12H8Cl2F6N8S2. The molecule has 1 aliphatic carbocycles. The van der Waals surface area contributed by atoms with E-state index in [1.54, 1.807) is 0 Å². The smallest absolute Gasteiger partial charge is 0.316 e. The summed E-state index contributed by atoms with van der Waals surface area (Å²) in [4.78, 5) is 0. The normalized spacial score (nSPS) is 32.9. The second kappa shape index (κ2) is 6.62. The predicted molar refractivity (Wildman–Crippen MR) is 94.9 cm³/mol. The number of rotatable bonds is 0. The summed E-state index contributed by atoms with van der Waals surface area (Å²) in [6.45, 7) is 0. The number of fused-ring (bicyclic) bond motifs is 4. The molecule has 164 valence electrons. The Labute approximate surface area is 181 Å². The highest BCUT2D eigenvalue weighted by Gasteiger charge is 2.56. The molecule has 4 heterocycles. The lowest BCUT2D eigenvalue weighted by molar-refractivity contribution is -0.148. The first kappa shape index (κ1) is 20.6. The zero-order valence-corrected chi connectivity index (χ0v) is 17.1. The van der Waals surface area contributed by atoms with Gasteiger partial charge in [-0.3, -0.25) is 0 Å². The first-order chi connectivity index (χ1) is 14.0. The minimum Gasteiger partial charge on any atom is -0.316 e. The van der Waals surface area contributed by atoms with Gasteiger partial charge in [0.05, 0.1) is 33.3 Å². The molecule has 2 aromatic heterocycles. The van der Waals surface area contributed by atoms with Gasteiger partial charge in [-0.25, -0.2) is 9.35 Å². The largest absolute Gasteiger partial charge is 0.453 e. The molecule has 2 aromatic rings. The molecule has 6 unspecified atom stereocenters. The molecule has 0 saturated heterocycles. The third kappa shape index (κ3) is 3.01. The van der Waals surface area contributed by atoms with Crippen molar-refractivity contribution in [1.29, 1.82) is 0 Å². The first-order valence-corrected chi connectivity index (χ1v) is 10.8. The molecule has 18 heteroatoms. The van der Waals surface area contributed by atoms with Gasteiger partial charge >= 0.3 is 12.4 Å². The Bertz CT molecular complexity index is 916. The van der Waals surface area contributed by atoms with E-state index in [9.17, 15) is 26.3 Å². The van der Waals surface area contributed by atoms with Crippen molar-refractivity contribution in [2.24, 2.45) is 0 Å². The number of alkyl halides is 8. The van der Waals surface area contributed by atoms with Crippen molar-refractivity contribution in [2.45, 2.75) is 56.0 Å². The maximum atomic E-state index is 13.2. The fraction of sp³-hybridized carbons (Fsp3) is 0.667. The minimum absolute atomic E-state index is 0.0685. The lowest BCUT2D eigenvalue weighted by Crippen LogP contribution is -2.67. The highest BCUT2D eigenvalue weighted by molar-refractivity contribution is 8.00. The van der Waals surface area contributed by atoms with E-state index < -0.39 is 57.3 Å². The van der Waals surface area contributed by atoms with E-state index in [1.807, 2.05) is 0 Å². The fourth-order valence-electron chi connectivity index (χ4n) is 3.57. The highest BCUT2D eigenvalue weighted by atomic mass is 35.5. The van der Waals surface area contributed by atoms with Crippen molar-refractivity contribution in [1.82, 2.24) is 29.7 Å². The van der Waals surface area contributed by atoms with Gasteiger partial charge in [-0.2, -0.15) is 26.3 Å². The number of aromatic nitrogens is 6. The predicted octanol–water partition coefficient (Wildman–Crippen LogP) is 2.61. The molecule has 2 N–H and O–H groups in total. The Morgan fingerprint density at radius 1 is 0.700 bits per heavy atom. The van der Waals surface area contributed by atoms with Gasteiger partial charge in [0.1, 0.15) is 0 Å². The number of halogens is 8. The van der Waals surface area contributed by atoms with Crippen LogP contribution in [-0.2, 0) is 12.4 Å². The van der Waals surface area contributed by atoms with Crippen LogP contribution in [0.2, 0.25) is 0 Å². The molecule has 2 aliphatic heterocycles. The molecule has 0 spiro atoms. The monoisotopic (exact) mass is 512 g/mol. The first-order valence-electron chi connectivity index (χ1n) is 8.16. The molecule has 0 amide bonds. The second-order valence-electron chi connectivity index (χ2n) is 6.64. The Morgan fingerprint density at radius 3 is 1.40 bits per heavy atom. The Kier molecular flexibility index (Phi) is 4.55. The van der Waals surface area contributed by atoms with Crippen LogP contribution in [0.25, 0.3) is 0 Å². The summed E-state index contributed by atoms with van der Waals surface area (Å²) in [5.41, 5.74) is 5.38. The Balaban J connectivity index is 1.49. The van der Waals surface area contributed by atoms with E-state index in [2.05, 4.69) is 31.2 Å². The van der Waals surface area contributed by atoms with Gasteiger partial charge in [-0.05, 0) is 0 Å². The van der Waals surface area contributed by atoms with E-state index in [4.69, 9.17) is 23.2 Å². The summed E-state index contributed by atoms with van der Waals surface area (Å²) in [7, 11) is 0. The summed E-state index contributed by atoms with van der Waals surface area (Å²) >= 11 is 15.0. The molecule has 1 fully saturated rings. The van der Waals surface area contributed by atoms with Gasteiger partial charge in [0.25, 0.3) is 11.6 Å². The SMILES string of the molecule is FC(F)(F)c1nnc2n1NC1C(Cl)C3Sc4nnc(C(F)(F)F)n4NC3C(Cl)C1S2. The highest BCUT2D eigenvalue weighted by Crippen LogP contribution is 2.48. The third-order valence-electron chi connectivity index (χ3n) is 4.83. The molecule has 0 aromatic carbocycles. The summed E-state index contributed by atoms with van der Waals surface area (Å²) in [6, 6.07) is -1.48. The van der Waals surface area contributed by atoms with Crippen molar-refractivity contribution in [3.05, 3.63) is 11.6 Å². The quantitative estimate of drug-likeness (QED) is 0.411. The van der Waals surface area contributed by atoms with Crippen LogP contribution in [0.5, 0.6) is 0 Å². The Hall–Kier alpha value is -1.26. The van der Waals surface area contributed by atoms with Crippen LogP contribution in [0.15, 0.2) is 10.3 Å². The van der Waals surface area contributed by atoms with Crippen molar-refractivity contribution in [2.75, 3.05) is 10.9 Å². The third-order valence-corrected chi connectivity index (χ3v) is 8.89. The molecule has 6 atom stereocenters. The topological polar surface area (TPSA) is 85.5 Å². The average molecular weight is 513 g/mol. The van der Waals surface area contributed by atoms with E-state index in [-0.39, 0.29) is 10.3 Å². The van der Waals surface area contributed by atoms with Crippen LogP contribution in [0.3, 0.4) is 0 Å². The summed E-state index contributed by atoms with van der Waals surface area (Å²) in [5, 5.41) is 10.5. The zero-order valence-electron chi connectivity index (χ0n) is 14.0. The molecular weight excluding hydrogens is 505 g/mol. The van der Waals surface area contributed by atoms with Crippen molar-refractivity contribution in [3.8, 4) is 0 Å². The molecule has 1 saturated carbocycles. The summed E-state index contributed by atoms with van der Waals surface area (Å²) in [5.74, 6) is -2.46. The number of hydrogen-bond donors (Lipinski definition) is 2. The Morgan fingerprint density at radius 2 is 1.07 bits per heavy atom. The molecule has 30 heavy (non-hydrogen) atoms. The van der Waals surface area contributed by atoms with Crippen LogP contribution in [-0.4, -0.2) is 63.1 Å². The van der Waals surface area contributed by atoms with Crippen LogP contribution in [0.1, 0.15) is 11.6 Å². The van der Waals surface area contributed by atoms with Crippen LogP contribution in [0.4, 0.5) is 26.3 Å². The molecule has 0 radical (unpaired) electrons. The molecule has 0 bridgehead atoms. The average Bonchev–Trinajstić information content (AvgIpc) is 3.26. The fourth-order valence-corrected chi connectivity index (χ4v) is 7.29. The standard InChI is InChI=1S/C12H8Cl2F6N8S2/c13-1-3-6(30-10-24-21-7(11(15,16)17)27(10)25-3)2(14)4-5(1)29-9-23-22-8(12(18,19)20)28(9)26-4/h1-6,25-26H.